The maximum absolute atomic E-state index is 13.5. The van der Waals surface area contributed by atoms with Gasteiger partial charge in [-0.1, -0.05) is 0 Å². The molecule has 50 heavy (non-hydrogen) atoms. The Bertz CT molecular complexity index is 809. The van der Waals surface area contributed by atoms with Crippen LogP contribution in [-0.4, -0.2) is 151 Å². The van der Waals surface area contributed by atoms with Crippen molar-refractivity contribution < 1.29 is 70.0 Å². The van der Waals surface area contributed by atoms with Crippen molar-refractivity contribution in [3.8, 4) is 0 Å². The van der Waals surface area contributed by atoms with E-state index in [9.17, 15) is 22.7 Å². The summed E-state index contributed by atoms with van der Waals surface area (Å²) in [5, 5.41) is 9.29. The Kier molecular flexibility index (Phi) is 26.6. The Morgan fingerprint density at radius 1 is 0.400 bits per heavy atom. The third-order valence-electron chi connectivity index (χ3n) is 6.78. The van der Waals surface area contributed by atoms with Crippen molar-refractivity contribution in [2.75, 3.05) is 72.7 Å². The van der Waals surface area contributed by atoms with E-state index in [4.69, 9.17) is 47.4 Å². The van der Waals surface area contributed by atoms with Crippen molar-refractivity contribution in [1.29, 1.82) is 0 Å². The van der Waals surface area contributed by atoms with Crippen molar-refractivity contribution in [2.24, 2.45) is 0 Å². The van der Waals surface area contributed by atoms with E-state index in [0.29, 0.717) is 53.2 Å². The number of rotatable bonds is 33. The second-order valence-corrected chi connectivity index (χ2v) is 13.8. The van der Waals surface area contributed by atoms with E-state index in [-0.39, 0.29) is 68.7 Å². The quantitative estimate of drug-likeness (QED) is 0.0836. The molecule has 10 atom stereocenters. The predicted molar refractivity (Wildman–Crippen MR) is 181 cm³/mol. The molecular formula is C35H68F4O11. The minimum absolute atomic E-state index is 0.103. The van der Waals surface area contributed by atoms with Crippen LogP contribution in [0.4, 0.5) is 17.6 Å². The van der Waals surface area contributed by atoms with Crippen LogP contribution in [0.2, 0.25) is 0 Å². The molecule has 0 heterocycles. The fourth-order valence-electron chi connectivity index (χ4n) is 4.01. The van der Waals surface area contributed by atoms with Crippen LogP contribution in [0.3, 0.4) is 0 Å². The zero-order valence-corrected chi connectivity index (χ0v) is 32.3. The first-order chi connectivity index (χ1) is 23.2. The van der Waals surface area contributed by atoms with Crippen molar-refractivity contribution in [3.63, 3.8) is 0 Å². The fraction of sp³-hybridized carbons (Fsp3) is 1.00. The lowest BCUT2D eigenvalue weighted by Gasteiger charge is -2.23. The van der Waals surface area contributed by atoms with E-state index < -0.39 is 37.1 Å². The third kappa shape index (κ3) is 30.9. The van der Waals surface area contributed by atoms with Crippen molar-refractivity contribution in [2.45, 2.75) is 155 Å². The van der Waals surface area contributed by atoms with Gasteiger partial charge in [0.25, 0.3) is 11.8 Å². The van der Waals surface area contributed by atoms with E-state index in [2.05, 4.69) is 0 Å². The molecule has 0 rings (SSSR count). The number of aliphatic hydroxyl groups is 1. The molecule has 10 unspecified atom stereocenters. The topological polar surface area (TPSA) is 113 Å². The molecule has 0 aromatic carbocycles. The van der Waals surface area contributed by atoms with E-state index in [1.165, 1.54) is 0 Å². The summed E-state index contributed by atoms with van der Waals surface area (Å²) in [6, 6.07) is 0. The Morgan fingerprint density at radius 2 is 0.620 bits per heavy atom. The molecule has 0 radical (unpaired) electrons. The third-order valence-corrected chi connectivity index (χ3v) is 6.78. The highest BCUT2D eigenvalue weighted by Crippen LogP contribution is 2.30. The normalized spacial score (nSPS) is 19.0. The Hall–Kier alpha value is -0.720. The molecule has 0 spiro atoms. The van der Waals surface area contributed by atoms with Crippen LogP contribution in [0.1, 0.15) is 82.6 Å². The monoisotopic (exact) mass is 740 g/mol. The summed E-state index contributed by atoms with van der Waals surface area (Å²) in [6.07, 6.45) is -3.84. The molecule has 0 aliphatic heterocycles. The first-order valence-corrected chi connectivity index (χ1v) is 17.7. The second-order valence-electron chi connectivity index (χ2n) is 13.8. The number of hydrogen-bond acceptors (Lipinski definition) is 11. The standard InChI is InChI=1S/C35H68F4O11/c1-24(40)12-42-26(3)14-44-28(5)16-46-30(7)18-48-32(9)20-50-33(10)21-49-31(8)19-47-29(6)17-45-27(4)15-43-25(2)13-41-23-35(38,39)22-34(11,36)37/h24-33,40H,12-23H2,1-11H3. The molecule has 0 fully saturated rings. The summed E-state index contributed by atoms with van der Waals surface area (Å²) in [5.41, 5.74) is 0. The Labute approximate surface area is 298 Å². The van der Waals surface area contributed by atoms with Gasteiger partial charge in [-0.3, -0.25) is 0 Å². The van der Waals surface area contributed by atoms with E-state index in [1.807, 2.05) is 55.4 Å². The van der Waals surface area contributed by atoms with Crippen molar-refractivity contribution in [1.82, 2.24) is 0 Å². The van der Waals surface area contributed by atoms with Gasteiger partial charge in [0.2, 0.25) is 0 Å². The van der Waals surface area contributed by atoms with Crippen molar-refractivity contribution in [3.05, 3.63) is 0 Å². The summed E-state index contributed by atoms with van der Waals surface area (Å²) < 4.78 is 109. The van der Waals surface area contributed by atoms with E-state index in [0.717, 1.165) is 0 Å². The SMILES string of the molecule is CC(O)COC(C)COC(C)COC(C)COC(C)COC(C)COC(C)COC(C)COC(C)COC(C)COCC(F)(F)CC(C)(F)F. The average Bonchev–Trinajstić information content (AvgIpc) is 3.01. The van der Waals surface area contributed by atoms with Crippen LogP contribution < -0.4 is 0 Å². The molecule has 0 aromatic rings. The summed E-state index contributed by atoms with van der Waals surface area (Å²) in [6.45, 7) is 21.0. The highest BCUT2D eigenvalue weighted by atomic mass is 19.3. The zero-order chi connectivity index (χ0) is 38.3. The van der Waals surface area contributed by atoms with E-state index in [1.54, 1.807) is 13.8 Å². The lowest BCUT2D eigenvalue weighted by atomic mass is 10.1. The van der Waals surface area contributed by atoms with Gasteiger partial charge in [-0.2, -0.15) is 0 Å². The molecule has 0 saturated heterocycles. The van der Waals surface area contributed by atoms with Gasteiger partial charge >= 0.3 is 0 Å². The zero-order valence-electron chi connectivity index (χ0n) is 32.3. The van der Waals surface area contributed by atoms with Gasteiger partial charge in [0.05, 0.1) is 134 Å². The molecule has 0 bridgehead atoms. The minimum Gasteiger partial charge on any atom is -0.391 e. The first-order valence-electron chi connectivity index (χ1n) is 17.7. The molecular weight excluding hydrogens is 672 g/mol. The van der Waals surface area contributed by atoms with Gasteiger partial charge in [-0.25, -0.2) is 17.6 Å². The minimum atomic E-state index is -3.61. The van der Waals surface area contributed by atoms with Gasteiger partial charge in [0.15, 0.2) is 0 Å². The van der Waals surface area contributed by atoms with Gasteiger partial charge in [-0.15, -0.1) is 0 Å². The number of hydrogen-bond donors (Lipinski definition) is 1. The molecule has 1 N–H and O–H groups in total. The van der Waals surface area contributed by atoms with Crippen molar-refractivity contribution >= 4 is 0 Å². The van der Waals surface area contributed by atoms with Crippen LogP contribution in [0, 0.1) is 0 Å². The van der Waals surface area contributed by atoms with Crippen LogP contribution in [0.15, 0.2) is 0 Å². The molecule has 302 valence electrons. The lowest BCUT2D eigenvalue weighted by Crippen LogP contribution is -2.33. The predicted octanol–water partition coefficient (Wildman–Crippen LogP) is 5.71. The molecule has 0 aromatic heterocycles. The summed E-state index contributed by atoms with van der Waals surface area (Å²) in [7, 11) is 0. The number of alkyl halides is 4. The van der Waals surface area contributed by atoms with Gasteiger partial charge in [0, 0.05) is 0 Å². The maximum atomic E-state index is 13.5. The van der Waals surface area contributed by atoms with Gasteiger partial charge in [-0.05, 0) is 76.2 Å². The highest BCUT2D eigenvalue weighted by Gasteiger charge is 2.40. The average molecular weight is 741 g/mol. The lowest BCUT2D eigenvalue weighted by molar-refractivity contribution is -0.147. The van der Waals surface area contributed by atoms with Gasteiger partial charge in [0.1, 0.15) is 6.61 Å². The number of aliphatic hydroxyl groups excluding tert-OH is 1. The van der Waals surface area contributed by atoms with Crippen LogP contribution >= 0.6 is 0 Å². The molecule has 15 heteroatoms. The number of halogens is 4. The summed E-state index contributed by atoms with van der Waals surface area (Å²) in [4.78, 5) is 0. The largest absolute Gasteiger partial charge is 0.391 e. The Morgan fingerprint density at radius 3 is 0.840 bits per heavy atom. The summed E-state index contributed by atoms with van der Waals surface area (Å²) >= 11 is 0. The summed E-state index contributed by atoms with van der Waals surface area (Å²) in [5.74, 6) is -7.08. The highest BCUT2D eigenvalue weighted by molar-refractivity contribution is 4.74. The van der Waals surface area contributed by atoms with Crippen LogP contribution in [0.5, 0.6) is 0 Å². The first kappa shape index (κ1) is 49.3. The molecule has 0 saturated carbocycles. The maximum Gasteiger partial charge on any atom is 0.276 e. The smallest absolute Gasteiger partial charge is 0.276 e. The second kappa shape index (κ2) is 27.0. The molecule has 0 aliphatic carbocycles. The van der Waals surface area contributed by atoms with Crippen LogP contribution in [0.25, 0.3) is 0 Å². The Balaban J connectivity index is 3.97. The van der Waals surface area contributed by atoms with Crippen LogP contribution in [-0.2, 0) is 47.4 Å². The van der Waals surface area contributed by atoms with Gasteiger partial charge < -0.3 is 52.5 Å². The fourth-order valence-corrected chi connectivity index (χ4v) is 4.01. The number of ether oxygens (including phenoxy) is 10. The molecule has 0 aliphatic rings. The van der Waals surface area contributed by atoms with E-state index >= 15 is 0 Å². The molecule has 0 amide bonds. The molecule has 11 nitrogen and oxygen atoms in total.